The van der Waals surface area contributed by atoms with Gasteiger partial charge in [-0.3, -0.25) is 9.78 Å². The van der Waals surface area contributed by atoms with Crippen LogP contribution in [0.25, 0.3) is 22.3 Å². The number of nitrogens with zero attached hydrogens (tertiary/aromatic N) is 4. The third-order valence-electron chi connectivity index (χ3n) is 5.50. The minimum Gasteiger partial charge on any atom is -0.484 e. The summed E-state index contributed by atoms with van der Waals surface area (Å²) in [5, 5.41) is 5.53. The van der Waals surface area contributed by atoms with Crippen LogP contribution in [-0.4, -0.2) is 66.6 Å². The van der Waals surface area contributed by atoms with E-state index in [2.05, 4.69) is 25.6 Å². The lowest BCUT2D eigenvalue weighted by Gasteiger charge is -2.38. The van der Waals surface area contributed by atoms with E-state index in [1.54, 1.807) is 43.6 Å². The van der Waals surface area contributed by atoms with Gasteiger partial charge in [0, 0.05) is 51.6 Å². The summed E-state index contributed by atoms with van der Waals surface area (Å²) in [5.74, 6) is -2.21. The number of hydrogen-bond acceptors (Lipinski definition) is 7. The summed E-state index contributed by atoms with van der Waals surface area (Å²) in [6, 6.07) is 7.77. The van der Waals surface area contributed by atoms with Crippen molar-refractivity contribution in [3.63, 3.8) is 0 Å². The fourth-order valence-corrected chi connectivity index (χ4v) is 3.67. The minimum absolute atomic E-state index is 0.0851. The average Bonchev–Trinajstić information content (AvgIpc) is 2.81. The Morgan fingerprint density at radius 1 is 1.28 bits per heavy atom. The van der Waals surface area contributed by atoms with Crippen LogP contribution in [0.2, 0.25) is 0 Å². The van der Waals surface area contributed by atoms with E-state index in [-0.39, 0.29) is 32.0 Å². The Morgan fingerprint density at radius 3 is 2.75 bits per heavy atom. The maximum atomic E-state index is 14.6. The first kappa shape index (κ1) is 21.8. The molecule has 3 aromatic rings. The topological polar surface area (TPSA) is 92.3 Å². The lowest BCUT2D eigenvalue weighted by atomic mass is 10.0. The van der Waals surface area contributed by atoms with E-state index in [4.69, 9.17) is 4.74 Å². The highest BCUT2D eigenvalue weighted by molar-refractivity contribution is 5.89. The maximum absolute atomic E-state index is 14.6. The standard InChI is InChI=1S/C22H24F2N6O2/c1-25-19(31)13-32-15-5-3-14(4-6-15)16-11-17-20(28-10-9-27-17)21(29-16)30(2)18-12-26-8-7-22(18,23)24/h3-6,9-11,18,26H,7-8,12-13H2,1-2H3,(H,25,31)/t18-/m0/s1. The van der Waals surface area contributed by atoms with E-state index in [0.717, 1.165) is 5.56 Å². The van der Waals surface area contributed by atoms with Crippen LogP contribution in [0.1, 0.15) is 6.42 Å². The van der Waals surface area contributed by atoms with Crippen molar-refractivity contribution in [3.8, 4) is 17.0 Å². The van der Waals surface area contributed by atoms with Gasteiger partial charge < -0.3 is 20.3 Å². The summed E-state index contributed by atoms with van der Waals surface area (Å²) in [7, 11) is 3.15. The zero-order chi connectivity index (χ0) is 22.7. The highest BCUT2D eigenvalue weighted by Gasteiger charge is 2.44. The first-order chi connectivity index (χ1) is 15.4. The number of likely N-dealkylation sites (N-methyl/N-ethyl adjacent to an activating group) is 2. The normalized spacial score (nSPS) is 17.7. The molecule has 0 saturated carbocycles. The van der Waals surface area contributed by atoms with Gasteiger partial charge in [-0.05, 0) is 30.3 Å². The second-order valence-corrected chi connectivity index (χ2v) is 7.58. The molecule has 0 bridgehead atoms. The Bertz CT molecular complexity index is 1110. The summed E-state index contributed by atoms with van der Waals surface area (Å²) >= 11 is 0. The Kier molecular flexibility index (Phi) is 6.13. The molecular formula is C22H24F2N6O2. The Morgan fingerprint density at radius 2 is 2.03 bits per heavy atom. The van der Waals surface area contributed by atoms with Gasteiger partial charge in [0.05, 0.1) is 11.2 Å². The predicted molar refractivity (Wildman–Crippen MR) is 117 cm³/mol. The van der Waals surface area contributed by atoms with E-state index in [1.165, 1.54) is 18.1 Å². The van der Waals surface area contributed by atoms with Crippen LogP contribution in [0.5, 0.6) is 5.75 Å². The van der Waals surface area contributed by atoms with Gasteiger partial charge in [0.1, 0.15) is 17.3 Å². The van der Waals surface area contributed by atoms with Gasteiger partial charge >= 0.3 is 0 Å². The van der Waals surface area contributed by atoms with Gasteiger partial charge in [0.25, 0.3) is 11.8 Å². The maximum Gasteiger partial charge on any atom is 0.270 e. The number of piperidine rings is 1. The highest BCUT2D eigenvalue weighted by Crippen LogP contribution is 2.34. The molecule has 168 valence electrons. The number of alkyl halides is 2. The van der Waals surface area contributed by atoms with Crippen molar-refractivity contribution in [2.24, 2.45) is 0 Å². The molecular weight excluding hydrogens is 418 g/mol. The zero-order valence-corrected chi connectivity index (χ0v) is 17.8. The molecule has 2 aromatic heterocycles. The van der Waals surface area contributed by atoms with E-state index < -0.39 is 12.0 Å². The summed E-state index contributed by atoms with van der Waals surface area (Å²) < 4.78 is 34.7. The smallest absolute Gasteiger partial charge is 0.270 e. The van der Waals surface area contributed by atoms with Crippen molar-refractivity contribution in [1.29, 1.82) is 0 Å². The fraction of sp³-hybridized carbons (Fsp3) is 0.364. The van der Waals surface area contributed by atoms with Crippen molar-refractivity contribution in [1.82, 2.24) is 25.6 Å². The molecule has 1 amide bonds. The van der Waals surface area contributed by atoms with Gasteiger partial charge in [0.2, 0.25) is 0 Å². The van der Waals surface area contributed by atoms with E-state index in [9.17, 15) is 13.6 Å². The number of anilines is 1. The second-order valence-electron chi connectivity index (χ2n) is 7.58. The van der Waals surface area contributed by atoms with Gasteiger partial charge in [0.15, 0.2) is 12.4 Å². The van der Waals surface area contributed by atoms with Crippen molar-refractivity contribution in [3.05, 3.63) is 42.7 Å². The van der Waals surface area contributed by atoms with E-state index in [0.29, 0.717) is 28.3 Å². The quantitative estimate of drug-likeness (QED) is 0.605. The SMILES string of the molecule is CNC(=O)COc1ccc(-c2cc3nccnc3c(N(C)[C@H]3CNCCC3(F)F)n2)cc1. The van der Waals surface area contributed by atoms with Crippen LogP contribution < -0.4 is 20.3 Å². The van der Waals surface area contributed by atoms with Crippen LogP contribution >= 0.6 is 0 Å². The largest absolute Gasteiger partial charge is 0.484 e. The number of halogens is 2. The average molecular weight is 442 g/mol. The molecule has 1 fully saturated rings. The van der Waals surface area contributed by atoms with E-state index in [1.807, 2.05) is 0 Å². The molecule has 0 unspecified atom stereocenters. The number of hydrogen-bond donors (Lipinski definition) is 2. The Balaban J connectivity index is 1.69. The molecule has 1 aromatic carbocycles. The lowest BCUT2D eigenvalue weighted by molar-refractivity contribution is -0.122. The summed E-state index contributed by atoms with van der Waals surface area (Å²) in [4.78, 5) is 26.3. The first-order valence-electron chi connectivity index (χ1n) is 10.3. The number of pyridine rings is 1. The monoisotopic (exact) mass is 442 g/mol. The number of benzene rings is 1. The van der Waals surface area contributed by atoms with Gasteiger partial charge in [-0.2, -0.15) is 0 Å². The Labute approximate surface area is 184 Å². The molecule has 3 heterocycles. The molecule has 0 aliphatic carbocycles. The lowest BCUT2D eigenvalue weighted by Crippen LogP contribution is -2.57. The van der Waals surface area contributed by atoms with Crippen molar-refractivity contribution < 1.29 is 18.3 Å². The molecule has 1 aliphatic rings. The highest BCUT2D eigenvalue weighted by atomic mass is 19.3. The van der Waals surface area contributed by atoms with Crippen LogP contribution in [0.3, 0.4) is 0 Å². The molecule has 8 nitrogen and oxygen atoms in total. The van der Waals surface area contributed by atoms with Crippen LogP contribution in [-0.2, 0) is 4.79 Å². The third kappa shape index (κ3) is 4.45. The molecule has 1 saturated heterocycles. The number of aromatic nitrogens is 3. The number of rotatable bonds is 6. The number of amides is 1. The molecule has 1 aliphatic heterocycles. The fourth-order valence-electron chi connectivity index (χ4n) is 3.67. The number of fused-ring (bicyclic) bond motifs is 1. The first-order valence-corrected chi connectivity index (χ1v) is 10.3. The van der Waals surface area contributed by atoms with Crippen LogP contribution in [0, 0.1) is 0 Å². The summed E-state index contributed by atoms with van der Waals surface area (Å²) in [6.45, 7) is 0.340. The number of carbonyl (C=O) groups excluding carboxylic acids is 1. The van der Waals surface area contributed by atoms with Crippen molar-refractivity contribution in [2.75, 3.05) is 38.7 Å². The molecule has 2 N–H and O–H groups in total. The second kappa shape index (κ2) is 8.99. The molecule has 32 heavy (non-hydrogen) atoms. The number of carbonyl (C=O) groups is 1. The molecule has 1 atom stereocenters. The Hall–Kier alpha value is -3.40. The van der Waals surface area contributed by atoms with Crippen molar-refractivity contribution in [2.45, 2.75) is 18.4 Å². The van der Waals surface area contributed by atoms with Gasteiger partial charge in [-0.1, -0.05) is 0 Å². The zero-order valence-electron chi connectivity index (χ0n) is 17.8. The molecule has 0 radical (unpaired) electrons. The minimum atomic E-state index is -2.85. The number of ether oxygens (including phenoxy) is 1. The number of nitrogens with one attached hydrogen (secondary N) is 2. The van der Waals surface area contributed by atoms with E-state index >= 15 is 0 Å². The van der Waals surface area contributed by atoms with Gasteiger partial charge in [-0.25, -0.2) is 18.7 Å². The molecule has 0 spiro atoms. The summed E-state index contributed by atoms with van der Waals surface area (Å²) in [5.41, 5.74) is 2.36. The molecule has 4 rings (SSSR count). The third-order valence-corrected chi connectivity index (χ3v) is 5.50. The van der Waals surface area contributed by atoms with Crippen LogP contribution in [0.4, 0.5) is 14.6 Å². The summed E-state index contributed by atoms with van der Waals surface area (Å²) in [6.07, 6.45) is 2.85. The molecule has 10 heteroatoms. The predicted octanol–water partition coefficient (Wildman–Crippen LogP) is 2.25. The van der Waals surface area contributed by atoms with Crippen LogP contribution in [0.15, 0.2) is 42.7 Å². The van der Waals surface area contributed by atoms with Crippen molar-refractivity contribution >= 4 is 22.8 Å². The van der Waals surface area contributed by atoms with Gasteiger partial charge in [-0.15, -0.1) is 0 Å².